The number of benzene rings is 1. The van der Waals surface area contributed by atoms with Gasteiger partial charge < -0.3 is 20.1 Å². The highest BCUT2D eigenvalue weighted by Crippen LogP contribution is 2.42. The Morgan fingerprint density at radius 1 is 1.10 bits per heavy atom. The zero-order valence-electron chi connectivity index (χ0n) is 24.2. The molecule has 11 nitrogen and oxygen atoms in total. The molecule has 12 heteroatoms. The third kappa shape index (κ3) is 5.79. The summed E-state index contributed by atoms with van der Waals surface area (Å²) >= 11 is 1.48. The van der Waals surface area contributed by atoms with Crippen LogP contribution in [0.1, 0.15) is 61.4 Å². The Kier molecular flexibility index (Phi) is 8.57. The lowest BCUT2D eigenvalue weighted by Crippen LogP contribution is -2.49. The van der Waals surface area contributed by atoms with Gasteiger partial charge in [0.15, 0.2) is 0 Å². The van der Waals surface area contributed by atoms with Crippen molar-refractivity contribution < 1.29 is 19.1 Å². The number of thiazole rings is 1. The molecule has 3 amide bonds. The molecule has 2 aromatic heterocycles. The number of carbonyl (C=O) groups excluding carboxylic acids is 2. The van der Waals surface area contributed by atoms with Crippen LogP contribution in [0.4, 0.5) is 22.2 Å². The Labute approximate surface area is 244 Å². The number of nitrogens with zero attached hydrogens (tertiary/aromatic N) is 5. The first-order valence-corrected chi connectivity index (χ1v) is 14.9. The van der Waals surface area contributed by atoms with Gasteiger partial charge in [-0.1, -0.05) is 19.8 Å². The third-order valence-electron chi connectivity index (χ3n) is 7.86. The minimum absolute atomic E-state index is 0.00746. The lowest BCUT2D eigenvalue weighted by Gasteiger charge is -2.38. The summed E-state index contributed by atoms with van der Waals surface area (Å²) in [4.78, 5) is 43.7. The van der Waals surface area contributed by atoms with Crippen LogP contribution in [0.3, 0.4) is 0 Å². The molecule has 3 aromatic rings. The maximum Gasteiger partial charge on any atom is 0.330 e. The molecule has 2 atom stereocenters. The summed E-state index contributed by atoms with van der Waals surface area (Å²) in [7, 11) is 3.21. The average molecular weight is 580 g/mol. The first-order chi connectivity index (χ1) is 19.8. The number of rotatable bonds is 9. The monoisotopic (exact) mass is 579 g/mol. The number of anilines is 3. The fraction of sp³-hybridized carbons (Fsp3) is 0.483. The molecule has 0 radical (unpaired) electrons. The van der Waals surface area contributed by atoms with Gasteiger partial charge in [-0.25, -0.2) is 14.8 Å². The van der Waals surface area contributed by atoms with Crippen molar-refractivity contribution in [1.29, 1.82) is 0 Å². The van der Waals surface area contributed by atoms with E-state index < -0.39 is 0 Å². The van der Waals surface area contributed by atoms with Crippen LogP contribution in [-0.2, 0) is 17.9 Å². The topological polar surface area (TPSA) is 122 Å². The molecule has 1 fully saturated rings. The summed E-state index contributed by atoms with van der Waals surface area (Å²) in [6.45, 7) is 6.29. The van der Waals surface area contributed by atoms with Crippen LogP contribution in [-0.4, -0.2) is 53.2 Å². The molecule has 2 aliphatic rings. The predicted molar refractivity (Wildman–Crippen MR) is 159 cm³/mol. The Balaban J connectivity index is 1.52. The van der Waals surface area contributed by atoms with Gasteiger partial charge in [-0.15, -0.1) is 11.3 Å². The molecule has 1 aliphatic heterocycles. The van der Waals surface area contributed by atoms with E-state index in [0.717, 1.165) is 53.8 Å². The standard InChI is InChI=1S/C29H37N7O4S/c1-6-25(37)32-21-9-7-8-10-22(21)33-28-30-12-19-13-35(26-17(2)23(39-4)11-24(40-5)18(26)3)29(38)36(27(19)34-28)14-20-15-41-16-31-20/h11-12,15-16,21-22H,6-10,13-14H2,1-5H3,(H,32,37)(H,30,33,34)/t21-,22+/m0/s1. The van der Waals surface area contributed by atoms with Crippen molar-refractivity contribution in [2.45, 2.75) is 78.0 Å². The van der Waals surface area contributed by atoms with Crippen molar-refractivity contribution in [1.82, 2.24) is 20.3 Å². The number of ether oxygens (including phenoxy) is 2. The Morgan fingerprint density at radius 3 is 2.44 bits per heavy atom. The Morgan fingerprint density at radius 2 is 1.80 bits per heavy atom. The second kappa shape index (κ2) is 12.3. The van der Waals surface area contributed by atoms with Crippen molar-refractivity contribution in [2.75, 3.05) is 29.3 Å². The van der Waals surface area contributed by atoms with Gasteiger partial charge in [-0.05, 0) is 26.7 Å². The molecule has 1 saturated carbocycles. The Hall–Kier alpha value is -3.93. The number of urea groups is 1. The summed E-state index contributed by atoms with van der Waals surface area (Å²) in [5.41, 5.74) is 5.76. The van der Waals surface area contributed by atoms with Gasteiger partial charge in [0.25, 0.3) is 0 Å². The van der Waals surface area contributed by atoms with Crippen molar-refractivity contribution in [3.8, 4) is 11.5 Å². The molecule has 1 aliphatic carbocycles. The van der Waals surface area contributed by atoms with Crippen LogP contribution < -0.4 is 29.9 Å². The third-order valence-corrected chi connectivity index (χ3v) is 8.50. The Bertz CT molecular complexity index is 1390. The molecule has 1 aromatic carbocycles. The zero-order valence-corrected chi connectivity index (χ0v) is 25.0. The summed E-state index contributed by atoms with van der Waals surface area (Å²) in [6.07, 6.45) is 6.16. The molecule has 218 valence electrons. The summed E-state index contributed by atoms with van der Waals surface area (Å²) in [5, 5.41) is 8.54. The minimum Gasteiger partial charge on any atom is -0.496 e. The van der Waals surface area contributed by atoms with E-state index in [9.17, 15) is 9.59 Å². The molecule has 0 unspecified atom stereocenters. The zero-order chi connectivity index (χ0) is 29.1. The van der Waals surface area contributed by atoms with Crippen LogP contribution in [0.5, 0.6) is 11.5 Å². The number of amides is 3. The second-order valence-electron chi connectivity index (χ2n) is 10.4. The largest absolute Gasteiger partial charge is 0.496 e. The molecular weight excluding hydrogens is 542 g/mol. The van der Waals surface area contributed by atoms with E-state index in [-0.39, 0.29) is 30.6 Å². The highest BCUT2D eigenvalue weighted by Gasteiger charge is 2.36. The van der Waals surface area contributed by atoms with Crippen LogP contribution >= 0.6 is 11.3 Å². The first-order valence-electron chi connectivity index (χ1n) is 13.9. The molecule has 3 heterocycles. The maximum absolute atomic E-state index is 14.2. The van der Waals surface area contributed by atoms with E-state index in [0.29, 0.717) is 36.2 Å². The molecule has 2 N–H and O–H groups in total. The van der Waals surface area contributed by atoms with E-state index in [2.05, 4.69) is 20.6 Å². The van der Waals surface area contributed by atoms with Gasteiger partial charge in [0.2, 0.25) is 11.9 Å². The van der Waals surface area contributed by atoms with E-state index in [1.54, 1.807) is 35.7 Å². The SMILES string of the molecule is CCC(=O)N[C@H]1CCCC[C@H]1Nc1ncc2c(n1)N(Cc1cscn1)C(=O)N(c1c(C)c(OC)cc(OC)c1C)C2. The van der Waals surface area contributed by atoms with Gasteiger partial charge in [-0.2, -0.15) is 4.98 Å². The lowest BCUT2D eigenvalue weighted by molar-refractivity contribution is -0.121. The van der Waals surface area contributed by atoms with E-state index in [1.165, 1.54) is 11.3 Å². The van der Waals surface area contributed by atoms with Crippen LogP contribution in [0.15, 0.2) is 23.2 Å². The van der Waals surface area contributed by atoms with Crippen molar-refractivity contribution in [3.63, 3.8) is 0 Å². The number of hydrogen-bond acceptors (Lipinski definition) is 9. The van der Waals surface area contributed by atoms with Gasteiger partial charge >= 0.3 is 6.03 Å². The van der Waals surface area contributed by atoms with Gasteiger partial charge in [0, 0.05) is 52.8 Å². The number of fused-ring (bicyclic) bond motifs is 1. The molecule has 0 saturated heterocycles. The summed E-state index contributed by atoms with van der Waals surface area (Å²) < 4.78 is 11.2. The van der Waals surface area contributed by atoms with E-state index in [4.69, 9.17) is 14.5 Å². The maximum atomic E-state index is 14.2. The lowest BCUT2D eigenvalue weighted by atomic mass is 9.90. The van der Waals surface area contributed by atoms with Gasteiger partial charge in [0.1, 0.15) is 17.3 Å². The smallest absolute Gasteiger partial charge is 0.330 e. The number of nitrogens with one attached hydrogen (secondary N) is 2. The predicted octanol–water partition coefficient (Wildman–Crippen LogP) is 4.96. The van der Waals surface area contributed by atoms with Crippen molar-refractivity contribution in [3.05, 3.63) is 45.5 Å². The second-order valence-corrected chi connectivity index (χ2v) is 11.1. The normalized spacial score (nSPS) is 18.6. The van der Waals surface area contributed by atoms with E-state index >= 15 is 0 Å². The molecule has 0 bridgehead atoms. The highest BCUT2D eigenvalue weighted by molar-refractivity contribution is 7.07. The van der Waals surface area contributed by atoms with Gasteiger partial charge in [0.05, 0.1) is 44.2 Å². The molecule has 0 spiro atoms. The average Bonchev–Trinajstić information content (AvgIpc) is 3.50. The fourth-order valence-corrected chi connectivity index (χ4v) is 6.26. The number of aromatic nitrogens is 3. The fourth-order valence-electron chi connectivity index (χ4n) is 5.71. The number of carbonyl (C=O) groups is 2. The molecular formula is C29H37N7O4S. The summed E-state index contributed by atoms with van der Waals surface area (Å²) in [6, 6.07) is 1.64. The van der Waals surface area contributed by atoms with E-state index in [1.807, 2.05) is 32.2 Å². The molecule has 5 rings (SSSR count). The first kappa shape index (κ1) is 28.6. The van der Waals surface area contributed by atoms with Crippen molar-refractivity contribution in [2.24, 2.45) is 0 Å². The molecule has 41 heavy (non-hydrogen) atoms. The quantitative estimate of drug-likeness (QED) is 0.365. The van der Waals surface area contributed by atoms with Crippen molar-refractivity contribution >= 4 is 40.7 Å². The van der Waals surface area contributed by atoms with Crippen LogP contribution in [0.2, 0.25) is 0 Å². The highest BCUT2D eigenvalue weighted by atomic mass is 32.1. The summed E-state index contributed by atoms with van der Waals surface area (Å²) in [5.74, 6) is 2.30. The van der Waals surface area contributed by atoms with Gasteiger partial charge in [-0.3, -0.25) is 14.6 Å². The minimum atomic E-state index is -0.220. The van der Waals surface area contributed by atoms with Crippen LogP contribution in [0, 0.1) is 13.8 Å². The van der Waals surface area contributed by atoms with Crippen LogP contribution in [0.25, 0.3) is 0 Å². The number of hydrogen-bond donors (Lipinski definition) is 2. The number of methoxy groups -OCH3 is 2.